The predicted octanol–water partition coefficient (Wildman–Crippen LogP) is 5.02. The Bertz CT molecular complexity index is 1400. The van der Waals surface area contributed by atoms with Crippen LogP contribution >= 0.6 is 0 Å². The second-order valence-electron chi connectivity index (χ2n) is 10.1. The summed E-state index contributed by atoms with van der Waals surface area (Å²) in [6, 6.07) is 14.8. The molecule has 0 radical (unpaired) electrons. The number of hydrogen-bond acceptors (Lipinski definition) is 5. The highest BCUT2D eigenvalue weighted by Gasteiger charge is 2.26. The van der Waals surface area contributed by atoms with Gasteiger partial charge in [-0.2, -0.15) is 0 Å². The van der Waals surface area contributed by atoms with Crippen molar-refractivity contribution in [2.45, 2.75) is 44.2 Å². The fraction of sp³-hybridized carbons (Fsp3) is 0.448. The Kier molecular flexibility index (Phi) is 7.12. The Morgan fingerprint density at radius 1 is 1.03 bits per heavy atom. The van der Waals surface area contributed by atoms with Crippen molar-refractivity contribution in [2.24, 2.45) is 7.05 Å². The lowest BCUT2D eigenvalue weighted by molar-refractivity contribution is 0.0585. The standard InChI is InChI=1S/C29H36N4O3/c1-31(2)16-5-17-36-24-11-6-20(7-12-24)21-8-15-26-25(18-21)28-27(19-30-26)32(3)29(34)33(28)22-9-13-23(35-4)14-10-22/h6-8,11-12,15,18-19,22-23H,5,9-10,13-14,16-17H2,1-4H3/t22-,23-. The molecule has 0 unspecified atom stereocenters. The molecule has 7 heteroatoms. The first kappa shape index (κ1) is 24.5. The first-order valence-corrected chi connectivity index (χ1v) is 12.9. The first-order valence-electron chi connectivity index (χ1n) is 12.9. The van der Waals surface area contributed by atoms with E-state index in [-0.39, 0.29) is 17.8 Å². The molecule has 0 saturated heterocycles. The molecule has 36 heavy (non-hydrogen) atoms. The highest BCUT2D eigenvalue weighted by molar-refractivity contribution is 6.04. The number of aryl methyl sites for hydroxylation is 1. The smallest absolute Gasteiger partial charge is 0.329 e. The van der Waals surface area contributed by atoms with Crippen molar-refractivity contribution < 1.29 is 9.47 Å². The van der Waals surface area contributed by atoms with Crippen LogP contribution in [0.15, 0.2) is 53.5 Å². The number of hydrogen-bond donors (Lipinski definition) is 0. The number of aromatic nitrogens is 3. The summed E-state index contributed by atoms with van der Waals surface area (Å²) < 4.78 is 15.2. The molecule has 1 fully saturated rings. The summed E-state index contributed by atoms with van der Waals surface area (Å²) in [4.78, 5) is 20.2. The second kappa shape index (κ2) is 10.4. The van der Waals surface area contributed by atoms with Crippen LogP contribution in [0.5, 0.6) is 5.75 Å². The van der Waals surface area contributed by atoms with Crippen LogP contribution in [0, 0.1) is 0 Å². The van der Waals surface area contributed by atoms with Gasteiger partial charge in [0.25, 0.3) is 0 Å². The van der Waals surface area contributed by atoms with Gasteiger partial charge in [0.05, 0.1) is 35.5 Å². The SMILES string of the molecule is CO[C@H]1CC[C@H](n2c(=O)n(C)c3cnc4ccc(-c5ccc(OCCCN(C)C)cc5)cc4c32)CC1. The highest BCUT2D eigenvalue weighted by Crippen LogP contribution is 2.35. The molecule has 0 bridgehead atoms. The van der Waals surface area contributed by atoms with Crippen LogP contribution in [-0.4, -0.2) is 59.5 Å². The normalized spacial score (nSPS) is 18.4. The summed E-state index contributed by atoms with van der Waals surface area (Å²) >= 11 is 0. The number of pyridine rings is 1. The number of imidazole rings is 1. The van der Waals surface area contributed by atoms with E-state index in [1.54, 1.807) is 11.7 Å². The lowest BCUT2D eigenvalue weighted by Crippen LogP contribution is -2.30. The molecule has 0 aliphatic heterocycles. The summed E-state index contributed by atoms with van der Waals surface area (Å²) in [7, 11) is 7.76. The minimum absolute atomic E-state index is 0.0290. The Morgan fingerprint density at radius 3 is 2.44 bits per heavy atom. The molecule has 5 rings (SSSR count). The minimum Gasteiger partial charge on any atom is -0.494 e. The zero-order chi connectivity index (χ0) is 25.2. The van der Waals surface area contributed by atoms with Gasteiger partial charge in [-0.15, -0.1) is 0 Å². The molecule has 0 N–H and O–H groups in total. The average Bonchev–Trinajstić information content (AvgIpc) is 3.16. The van der Waals surface area contributed by atoms with Crippen LogP contribution in [0.4, 0.5) is 0 Å². The molecule has 0 atom stereocenters. The monoisotopic (exact) mass is 488 g/mol. The molecule has 2 aromatic heterocycles. The summed E-state index contributed by atoms with van der Waals surface area (Å²) in [5.74, 6) is 0.880. The van der Waals surface area contributed by atoms with Crippen LogP contribution in [0.1, 0.15) is 38.1 Å². The molecule has 0 spiro atoms. The highest BCUT2D eigenvalue weighted by atomic mass is 16.5. The van der Waals surface area contributed by atoms with E-state index in [0.717, 1.165) is 77.5 Å². The molecule has 1 saturated carbocycles. The van der Waals surface area contributed by atoms with Crippen molar-refractivity contribution >= 4 is 21.9 Å². The van der Waals surface area contributed by atoms with Gasteiger partial charge in [-0.25, -0.2) is 4.79 Å². The van der Waals surface area contributed by atoms with Gasteiger partial charge >= 0.3 is 5.69 Å². The van der Waals surface area contributed by atoms with E-state index in [1.165, 1.54) is 0 Å². The van der Waals surface area contributed by atoms with Crippen molar-refractivity contribution in [3.8, 4) is 16.9 Å². The largest absolute Gasteiger partial charge is 0.494 e. The topological polar surface area (TPSA) is 61.5 Å². The molecular weight excluding hydrogens is 452 g/mol. The lowest BCUT2D eigenvalue weighted by atomic mass is 9.92. The van der Waals surface area contributed by atoms with Crippen LogP contribution < -0.4 is 10.4 Å². The molecule has 7 nitrogen and oxygen atoms in total. The van der Waals surface area contributed by atoms with Crippen LogP contribution in [0.2, 0.25) is 0 Å². The van der Waals surface area contributed by atoms with Crippen LogP contribution in [-0.2, 0) is 11.8 Å². The quantitative estimate of drug-likeness (QED) is 0.326. The van der Waals surface area contributed by atoms with Crippen molar-refractivity contribution in [3.05, 3.63) is 59.1 Å². The Balaban J connectivity index is 1.49. The summed E-state index contributed by atoms with van der Waals surface area (Å²) in [6.07, 6.45) is 6.95. The summed E-state index contributed by atoms with van der Waals surface area (Å²) in [5.41, 5.74) is 5.00. The molecule has 2 heterocycles. The third-order valence-corrected chi connectivity index (χ3v) is 7.46. The molecule has 0 amide bonds. The van der Waals surface area contributed by atoms with Crippen LogP contribution in [0.3, 0.4) is 0 Å². The van der Waals surface area contributed by atoms with E-state index in [2.05, 4.69) is 54.3 Å². The average molecular weight is 489 g/mol. The Labute approximate surface area is 212 Å². The van der Waals surface area contributed by atoms with E-state index in [1.807, 2.05) is 29.9 Å². The molecule has 1 aliphatic rings. The third-order valence-electron chi connectivity index (χ3n) is 7.46. The van der Waals surface area contributed by atoms with Gasteiger partial charge in [-0.3, -0.25) is 14.1 Å². The summed E-state index contributed by atoms with van der Waals surface area (Å²) in [5, 5.41) is 1.01. The van der Waals surface area contributed by atoms with Crippen molar-refractivity contribution in [2.75, 3.05) is 34.4 Å². The number of ether oxygens (including phenoxy) is 2. The van der Waals surface area contributed by atoms with E-state index in [0.29, 0.717) is 6.61 Å². The molecule has 4 aromatic rings. The molecule has 190 valence electrons. The van der Waals surface area contributed by atoms with Crippen molar-refractivity contribution in [3.63, 3.8) is 0 Å². The Hall–Kier alpha value is -3.16. The maximum Gasteiger partial charge on any atom is 0.329 e. The Morgan fingerprint density at radius 2 is 1.75 bits per heavy atom. The van der Waals surface area contributed by atoms with Gasteiger partial charge < -0.3 is 14.4 Å². The van der Waals surface area contributed by atoms with Crippen molar-refractivity contribution in [1.29, 1.82) is 0 Å². The minimum atomic E-state index is 0.0290. The number of benzene rings is 2. The number of rotatable bonds is 8. The summed E-state index contributed by atoms with van der Waals surface area (Å²) in [6.45, 7) is 1.71. The lowest BCUT2D eigenvalue weighted by Gasteiger charge is -2.28. The van der Waals surface area contributed by atoms with Gasteiger partial charge in [0.1, 0.15) is 5.75 Å². The van der Waals surface area contributed by atoms with E-state index < -0.39 is 0 Å². The molecular formula is C29H36N4O3. The second-order valence-corrected chi connectivity index (χ2v) is 10.1. The third kappa shape index (κ3) is 4.77. The van der Waals surface area contributed by atoms with Crippen LogP contribution in [0.25, 0.3) is 33.1 Å². The zero-order valence-electron chi connectivity index (χ0n) is 21.7. The van der Waals surface area contributed by atoms with E-state index >= 15 is 0 Å². The number of nitrogens with zero attached hydrogens (tertiary/aromatic N) is 4. The van der Waals surface area contributed by atoms with Gasteiger partial charge in [-0.1, -0.05) is 18.2 Å². The van der Waals surface area contributed by atoms with Crippen molar-refractivity contribution in [1.82, 2.24) is 19.0 Å². The fourth-order valence-corrected chi connectivity index (χ4v) is 5.40. The van der Waals surface area contributed by atoms with Gasteiger partial charge in [-0.05, 0) is 81.6 Å². The maximum atomic E-state index is 13.4. The number of fused-ring (bicyclic) bond motifs is 3. The van der Waals surface area contributed by atoms with E-state index in [9.17, 15) is 4.79 Å². The van der Waals surface area contributed by atoms with Gasteiger partial charge in [0.2, 0.25) is 0 Å². The molecule has 1 aliphatic carbocycles. The number of methoxy groups -OCH3 is 1. The predicted molar refractivity (Wildman–Crippen MR) is 145 cm³/mol. The van der Waals surface area contributed by atoms with Gasteiger partial charge in [0.15, 0.2) is 0 Å². The maximum absolute atomic E-state index is 13.4. The van der Waals surface area contributed by atoms with E-state index in [4.69, 9.17) is 9.47 Å². The molecule has 2 aromatic carbocycles. The fourth-order valence-electron chi connectivity index (χ4n) is 5.40. The first-order chi connectivity index (χ1) is 17.5. The zero-order valence-corrected chi connectivity index (χ0v) is 21.7. The van der Waals surface area contributed by atoms with Gasteiger partial charge in [0, 0.05) is 32.1 Å².